The predicted molar refractivity (Wildman–Crippen MR) is 140 cm³/mol. The zero-order valence-corrected chi connectivity index (χ0v) is 20.1. The Labute approximate surface area is 210 Å². The molecule has 0 aliphatic rings. The summed E-state index contributed by atoms with van der Waals surface area (Å²) in [6.45, 7) is 2.13. The Balaban J connectivity index is 1.48. The van der Waals surface area contributed by atoms with Crippen LogP contribution in [0.25, 0.3) is 0 Å². The number of anilines is 3. The summed E-state index contributed by atoms with van der Waals surface area (Å²) < 4.78 is 0. The first-order chi connectivity index (χ1) is 17.5. The van der Waals surface area contributed by atoms with E-state index in [1.165, 1.54) is 0 Å². The Hall–Kier alpha value is -4.64. The number of hydrogen-bond donors (Lipinski definition) is 3. The van der Waals surface area contributed by atoms with Crippen LogP contribution in [-0.4, -0.2) is 24.4 Å². The maximum Gasteiger partial charge on any atom is 0.323 e. The van der Waals surface area contributed by atoms with Gasteiger partial charge in [0.05, 0.1) is 18.5 Å². The van der Waals surface area contributed by atoms with Gasteiger partial charge in [0.25, 0.3) is 0 Å². The van der Waals surface area contributed by atoms with Crippen molar-refractivity contribution in [1.29, 1.82) is 5.26 Å². The van der Waals surface area contributed by atoms with Crippen molar-refractivity contribution in [2.24, 2.45) is 0 Å². The van der Waals surface area contributed by atoms with Crippen molar-refractivity contribution in [3.63, 3.8) is 0 Å². The van der Waals surface area contributed by atoms with E-state index in [1.54, 1.807) is 41.3 Å². The van der Waals surface area contributed by atoms with Gasteiger partial charge in [0.2, 0.25) is 11.8 Å². The normalized spacial score (nSPS) is 11.0. The minimum Gasteiger partial charge on any atom is -0.350 e. The van der Waals surface area contributed by atoms with E-state index in [4.69, 9.17) is 5.26 Å². The molecule has 0 aliphatic heterocycles. The molecule has 0 heterocycles. The maximum absolute atomic E-state index is 12.7. The molecule has 0 fully saturated rings. The van der Waals surface area contributed by atoms with E-state index in [0.29, 0.717) is 17.1 Å². The van der Waals surface area contributed by atoms with Gasteiger partial charge < -0.3 is 20.9 Å². The average Bonchev–Trinajstić information content (AvgIpc) is 2.89. The number of hydrogen-bond acceptors (Lipinski definition) is 4. The second-order valence-corrected chi connectivity index (χ2v) is 8.15. The first-order valence-electron chi connectivity index (χ1n) is 11.7. The van der Waals surface area contributed by atoms with E-state index in [0.717, 1.165) is 5.56 Å². The van der Waals surface area contributed by atoms with Crippen molar-refractivity contribution >= 4 is 34.9 Å². The van der Waals surface area contributed by atoms with Gasteiger partial charge in [-0.25, -0.2) is 4.79 Å². The third-order valence-electron chi connectivity index (χ3n) is 5.46. The molecule has 1 atom stereocenters. The molecule has 0 saturated heterocycles. The number of benzene rings is 3. The number of carbonyl (C=O) groups excluding carboxylic acids is 3. The molecular weight excluding hydrogens is 454 g/mol. The highest BCUT2D eigenvalue weighted by atomic mass is 16.2. The van der Waals surface area contributed by atoms with Gasteiger partial charge in [0, 0.05) is 36.4 Å². The van der Waals surface area contributed by atoms with E-state index in [-0.39, 0.29) is 49.7 Å². The van der Waals surface area contributed by atoms with Crippen molar-refractivity contribution in [3.8, 4) is 6.07 Å². The standard InChI is InChI=1S/C28H29N5O3/c1-21(22-13-15-24(16-14-22)32-28(36)31-23-9-4-2-5-10-23)30-26(34)17-18-27(35)33(20-8-19-29)25-11-6-3-7-12-25/h2-7,9-16,21H,8,17-18,20H2,1H3,(H,30,34)(H2,31,32,36). The lowest BCUT2D eigenvalue weighted by Crippen LogP contribution is -2.33. The molecule has 0 spiro atoms. The van der Waals surface area contributed by atoms with Crippen LogP contribution in [0, 0.1) is 11.3 Å². The molecule has 0 aliphatic carbocycles. The Morgan fingerprint density at radius 2 is 1.42 bits per heavy atom. The summed E-state index contributed by atoms with van der Waals surface area (Å²) in [6.07, 6.45) is 0.291. The number of nitrogens with zero attached hydrogens (tertiary/aromatic N) is 2. The highest BCUT2D eigenvalue weighted by Gasteiger charge is 2.18. The van der Waals surface area contributed by atoms with Crippen LogP contribution in [0.1, 0.15) is 37.8 Å². The van der Waals surface area contributed by atoms with E-state index in [1.807, 2.05) is 55.5 Å². The first kappa shape index (κ1) is 26.0. The van der Waals surface area contributed by atoms with Crippen molar-refractivity contribution in [1.82, 2.24) is 5.32 Å². The molecule has 4 amide bonds. The summed E-state index contributed by atoms with van der Waals surface area (Å²) in [6, 6.07) is 26.9. The summed E-state index contributed by atoms with van der Waals surface area (Å²) in [5.74, 6) is -0.447. The van der Waals surface area contributed by atoms with Crippen LogP contribution < -0.4 is 20.9 Å². The number of amides is 4. The number of nitrogens with one attached hydrogen (secondary N) is 3. The molecule has 3 aromatic rings. The summed E-state index contributed by atoms with van der Waals surface area (Å²) in [4.78, 5) is 38.9. The zero-order chi connectivity index (χ0) is 25.8. The number of para-hydroxylation sites is 2. The van der Waals surface area contributed by atoms with Gasteiger partial charge in [-0.2, -0.15) is 5.26 Å². The Morgan fingerprint density at radius 3 is 2.03 bits per heavy atom. The highest BCUT2D eigenvalue weighted by Crippen LogP contribution is 2.18. The van der Waals surface area contributed by atoms with Crippen LogP contribution in [0.2, 0.25) is 0 Å². The maximum atomic E-state index is 12.7. The largest absolute Gasteiger partial charge is 0.350 e. The molecule has 0 radical (unpaired) electrons. The van der Waals surface area contributed by atoms with Crippen LogP contribution in [0.4, 0.5) is 21.9 Å². The van der Waals surface area contributed by atoms with E-state index in [2.05, 4.69) is 22.0 Å². The lowest BCUT2D eigenvalue weighted by molar-refractivity contribution is -0.125. The smallest absolute Gasteiger partial charge is 0.323 e. The fourth-order valence-corrected chi connectivity index (χ4v) is 3.59. The average molecular weight is 484 g/mol. The molecular formula is C28H29N5O3. The minimum absolute atomic E-state index is 0.0399. The monoisotopic (exact) mass is 483 g/mol. The van der Waals surface area contributed by atoms with Crippen LogP contribution in [0.3, 0.4) is 0 Å². The number of nitriles is 1. The molecule has 0 saturated carbocycles. The first-order valence-corrected chi connectivity index (χ1v) is 11.7. The van der Waals surface area contributed by atoms with Crippen LogP contribution in [0.15, 0.2) is 84.9 Å². The molecule has 36 heavy (non-hydrogen) atoms. The van der Waals surface area contributed by atoms with Crippen LogP contribution in [-0.2, 0) is 9.59 Å². The summed E-state index contributed by atoms with van der Waals surface area (Å²) in [5.41, 5.74) is 2.88. The molecule has 3 aromatic carbocycles. The lowest BCUT2D eigenvalue weighted by atomic mass is 10.1. The van der Waals surface area contributed by atoms with Crippen molar-refractivity contribution in [3.05, 3.63) is 90.5 Å². The second-order valence-electron chi connectivity index (χ2n) is 8.15. The molecule has 8 nitrogen and oxygen atoms in total. The Kier molecular flexibility index (Phi) is 9.60. The fourth-order valence-electron chi connectivity index (χ4n) is 3.59. The van der Waals surface area contributed by atoms with Gasteiger partial charge >= 0.3 is 6.03 Å². The molecule has 3 rings (SSSR count). The SMILES string of the molecule is CC(NC(=O)CCC(=O)N(CCC#N)c1ccccc1)c1ccc(NC(=O)Nc2ccccc2)cc1. The zero-order valence-electron chi connectivity index (χ0n) is 20.1. The Bertz CT molecular complexity index is 1190. The van der Waals surface area contributed by atoms with Gasteiger partial charge in [-0.05, 0) is 48.9 Å². The number of urea groups is 1. The predicted octanol–water partition coefficient (Wildman–Crippen LogP) is 5.23. The number of rotatable bonds is 10. The summed E-state index contributed by atoms with van der Waals surface area (Å²) in [7, 11) is 0. The third-order valence-corrected chi connectivity index (χ3v) is 5.46. The van der Waals surface area contributed by atoms with Gasteiger partial charge in [-0.1, -0.05) is 48.5 Å². The van der Waals surface area contributed by atoms with Crippen molar-refractivity contribution in [2.75, 3.05) is 22.1 Å². The fraction of sp³-hybridized carbons (Fsp3) is 0.214. The summed E-state index contributed by atoms with van der Waals surface area (Å²) in [5, 5.41) is 17.3. The highest BCUT2D eigenvalue weighted by molar-refractivity contribution is 5.99. The van der Waals surface area contributed by atoms with Crippen LogP contribution in [0.5, 0.6) is 0 Å². The third kappa shape index (κ3) is 7.99. The van der Waals surface area contributed by atoms with Crippen LogP contribution >= 0.6 is 0 Å². The van der Waals surface area contributed by atoms with Gasteiger partial charge in [-0.3, -0.25) is 9.59 Å². The molecule has 0 aromatic heterocycles. The molecule has 184 valence electrons. The van der Waals surface area contributed by atoms with E-state index >= 15 is 0 Å². The van der Waals surface area contributed by atoms with E-state index < -0.39 is 0 Å². The van der Waals surface area contributed by atoms with Crippen molar-refractivity contribution in [2.45, 2.75) is 32.2 Å². The minimum atomic E-state index is -0.348. The summed E-state index contributed by atoms with van der Waals surface area (Å²) >= 11 is 0. The molecule has 8 heteroatoms. The van der Waals surface area contributed by atoms with Gasteiger partial charge in [0.15, 0.2) is 0 Å². The topological polar surface area (TPSA) is 114 Å². The van der Waals surface area contributed by atoms with E-state index in [9.17, 15) is 14.4 Å². The Morgan fingerprint density at radius 1 is 0.833 bits per heavy atom. The number of carbonyl (C=O) groups is 3. The quantitative estimate of drug-likeness (QED) is 0.366. The molecule has 3 N–H and O–H groups in total. The van der Waals surface area contributed by atoms with Gasteiger partial charge in [0.1, 0.15) is 0 Å². The van der Waals surface area contributed by atoms with Crippen molar-refractivity contribution < 1.29 is 14.4 Å². The molecule has 0 bridgehead atoms. The lowest BCUT2D eigenvalue weighted by Gasteiger charge is -2.22. The second kappa shape index (κ2) is 13.3. The van der Waals surface area contributed by atoms with Gasteiger partial charge in [-0.15, -0.1) is 0 Å². The molecule has 1 unspecified atom stereocenters.